The standard InChI is InChI=1S/C19H22N2O2/c1-13(2)16-7-5-15(6-8-16)11-19(22)21-14(3)18-10-9-17(23-4)12-20-18/h5-10,12,14H,1,11H2,2-4H3,(H,21,22)/t14-/m1/s1. The van der Waals surface area contributed by atoms with Crippen LogP contribution in [0.2, 0.25) is 0 Å². The van der Waals surface area contributed by atoms with Crippen molar-refractivity contribution in [2.45, 2.75) is 26.3 Å². The smallest absolute Gasteiger partial charge is 0.224 e. The van der Waals surface area contributed by atoms with E-state index in [0.717, 1.165) is 22.4 Å². The van der Waals surface area contributed by atoms with Crippen molar-refractivity contribution in [2.24, 2.45) is 0 Å². The lowest BCUT2D eigenvalue weighted by Gasteiger charge is -2.14. The molecule has 1 amide bonds. The Kier molecular flexibility index (Phi) is 5.52. The van der Waals surface area contributed by atoms with Gasteiger partial charge in [0.05, 0.1) is 31.5 Å². The van der Waals surface area contributed by atoms with E-state index in [4.69, 9.17) is 4.74 Å². The highest BCUT2D eigenvalue weighted by molar-refractivity contribution is 5.79. The third-order valence-corrected chi connectivity index (χ3v) is 3.63. The van der Waals surface area contributed by atoms with Gasteiger partial charge in [0.2, 0.25) is 5.91 Å². The summed E-state index contributed by atoms with van der Waals surface area (Å²) in [5, 5.41) is 2.96. The van der Waals surface area contributed by atoms with Crippen LogP contribution in [-0.4, -0.2) is 18.0 Å². The summed E-state index contributed by atoms with van der Waals surface area (Å²) < 4.78 is 5.08. The lowest BCUT2D eigenvalue weighted by atomic mass is 10.0. The van der Waals surface area contributed by atoms with E-state index in [1.165, 1.54) is 0 Å². The lowest BCUT2D eigenvalue weighted by molar-refractivity contribution is -0.121. The van der Waals surface area contributed by atoms with Crippen LogP contribution in [0.25, 0.3) is 5.57 Å². The largest absolute Gasteiger partial charge is 0.495 e. The Hall–Kier alpha value is -2.62. The van der Waals surface area contributed by atoms with Crippen LogP contribution in [-0.2, 0) is 11.2 Å². The molecule has 1 heterocycles. The number of carbonyl (C=O) groups excluding carboxylic acids is 1. The van der Waals surface area contributed by atoms with Gasteiger partial charge in [-0.3, -0.25) is 9.78 Å². The molecule has 23 heavy (non-hydrogen) atoms. The normalized spacial score (nSPS) is 11.6. The minimum Gasteiger partial charge on any atom is -0.495 e. The van der Waals surface area contributed by atoms with Crippen molar-refractivity contribution < 1.29 is 9.53 Å². The molecule has 1 aromatic heterocycles. The quantitative estimate of drug-likeness (QED) is 0.888. The average molecular weight is 310 g/mol. The summed E-state index contributed by atoms with van der Waals surface area (Å²) in [5.41, 5.74) is 3.88. The first kappa shape index (κ1) is 16.7. The van der Waals surface area contributed by atoms with E-state index in [1.54, 1.807) is 13.3 Å². The minimum absolute atomic E-state index is 0.0295. The number of amides is 1. The fourth-order valence-corrected chi connectivity index (χ4v) is 2.23. The number of methoxy groups -OCH3 is 1. The van der Waals surface area contributed by atoms with Crippen LogP contribution in [0.5, 0.6) is 5.75 Å². The second-order valence-corrected chi connectivity index (χ2v) is 5.57. The molecule has 2 aromatic rings. The third-order valence-electron chi connectivity index (χ3n) is 3.63. The van der Waals surface area contributed by atoms with E-state index >= 15 is 0 Å². The van der Waals surface area contributed by atoms with Crippen LogP contribution >= 0.6 is 0 Å². The van der Waals surface area contributed by atoms with Crippen molar-refractivity contribution in [1.82, 2.24) is 10.3 Å². The molecule has 0 aliphatic carbocycles. The van der Waals surface area contributed by atoms with Crippen molar-refractivity contribution in [3.8, 4) is 5.75 Å². The number of benzene rings is 1. The van der Waals surface area contributed by atoms with E-state index in [0.29, 0.717) is 12.2 Å². The fraction of sp³-hybridized carbons (Fsp3) is 0.263. The molecule has 0 saturated carbocycles. The first-order valence-corrected chi connectivity index (χ1v) is 7.53. The van der Waals surface area contributed by atoms with Gasteiger partial charge >= 0.3 is 0 Å². The summed E-state index contributed by atoms with van der Waals surface area (Å²) in [7, 11) is 1.60. The second kappa shape index (κ2) is 7.58. The molecule has 0 aliphatic heterocycles. The number of pyridine rings is 1. The maximum absolute atomic E-state index is 12.2. The van der Waals surface area contributed by atoms with Gasteiger partial charge in [0.1, 0.15) is 5.75 Å². The van der Waals surface area contributed by atoms with E-state index < -0.39 is 0 Å². The topological polar surface area (TPSA) is 51.2 Å². The molecule has 1 aromatic carbocycles. The average Bonchev–Trinajstić information content (AvgIpc) is 2.55. The van der Waals surface area contributed by atoms with Gasteiger partial charge in [0, 0.05) is 0 Å². The number of nitrogens with zero attached hydrogens (tertiary/aromatic N) is 1. The Morgan fingerprint density at radius 3 is 2.48 bits per heavy atom. The van der Waals surface area contributed by atoms with Gasteiger partial charge < -0.3 is 10.1 Å². The second-order valence-electron chi connectivity index (χ2n) is 5.57. The number of aromatic nitrogens is 1. The molecule has 0 aliphatic rings. The van der Waals surface area contributed by atoms with Gasteiger partial charge in [0.15, 0.2) is 0 Å². The Labute approximate surface area is 137 Å². The predicted octanol–water partition coefficient (Wildman–Crippen LogP) is 3.54. The van der Waals surface area contributed by atoms with Crippen molar-refractivity contribution in [2.75, 3.05) is 7.11 Å². The number of allylic oxidation sites excluding steroid dienone is 1. The summed E-state index contributed by atoms with van der Waals surface area (Å²) >= 11 is 0. The molecule has 1 atom stereocenters. The minimum atomic E-state index is -0.150. The molecule has 0 fully saturated rings. The van der Waals surface area contributed by atoms with E-state index in [1.807, 2.05) is 50.2 Å². The number of ether oxygens (including phenoxy) is 1. The summed E-state index contributed by atoms with van der Waals surface area (Å²) in [4.78, 5) is 16.4. The van der Waals surface area contributed by atoms with E-state index in [-0.39, 0.29) is 11.9 Å². The summed E-state index contributed by atoms with van der Waals surface area (Å²) in [6.45, 7) is 7.78. The third kappa shape index (κ3) is 4.68. The molecular weight excluding hydrogens is 288 g/mol. The van der Waals surface area contributed by atoms with Crippen LogP contribution < -0.4 is 10.1 Å². The Morgan fingerprint density at radius 1 is 1.26 bits per heavy atom. The first-order valence-electron chi connectivity index (χ1n) is 7.53. The van der Waals surface area contributed by atoms with E-state index in [9.17, 15) is 4.79 Å². The van der Waals surface area contributed by atoms with Gasteiger partial charge in [0.25, 0.3) is 0 Å². The van der Waals surface area contributed by atoms with Gasteiger partial charge in [-0.1, -0.05) is 36.4 Å². The highest BCUT2D eigenvalue weighted by Crippen LogP contribution is 2.15. The van der Waals surface area contributed by atoms with Crippen molar-refractivity contribution >= 4 is 11.5 Å². The van der Waals surface area contributed by atoms with Crippen LogP contribution in [0.1, 0.15) is 36.7 Å². The monoisotopic (exact) mass is 310 g/mol. The van der Waals surface area contributed by atoms with Crippen molar-refractivity contribution in [3.05, 3.63) is 66.0 Å². The highest BCUT2D eigenvalue weighted by atomic mass is 16.5. The Balaban J connectivity index is 1.93. The van der Waals surface area contributed by atoms with Gasteiger partial charge in [-0.15, -0.1) is 0 Å². The zero-order chi connectivity index (χ0) is 16.8. The summed E-state index contributed by atoms with van der Waals surface area (Å²) in [5.74, 6) is 0.670. The van der Waals surface area contributed by atoms with Crippen LogP contribution in [0.15, 0.2) is 49.2 Å². The van der Waals surface area contributed by atoms with Gasteiger partial charge in [-0.2, -0.15) is 0 Å². The van der Waals surface area contributed by atoms with Crippen LogP contribution in [0, 0.1) is 0 Å². The molecular formula is C19H22N2O2. The van der Waals surface area contributed by atoms with E-state index in [2.05, 4.69) is 16.9 Å². The lowest BCUT2D eigenvalue weighted by Crippen LogP contribution is -2.28. The summed E-state index contributed by atoms with van der Waals surface area (Å²) in [6, 6.07) is 11.4. The van der Waals surface area contributed by atoms with Gasteiger partial charge in [-0.05, 0) is 37.1 Å². The SMILES string of the molecule is C=C(C)c1ccc(CC(=O)N[C@H](C)c2ccc(OC)cn2)cc1. The molecule has 0 saturated heterocycles. The Bertz CT molecular complexity index is 676. The first-order chi connectivity index (χ1) is 11.0. The molecule has 1 N–H and O–H groups in total. The molecule has 120 valence electrons. The van der Waals surface area contributed by atoms with Crippen LogP contribution in [0.3, 0.4) is 0 Å². The molecule has 0 unspecified atom stereocenters. The molecule has 4 nitrogen and oxygen atoms in total. The zero-order valence-electron chi connectivity index (χ0n) is 13.8. The molecule has 2 rings (SSSR count). The number of rotatable bonds is 6. The van der Waals surface area contributed by atoms with Crippen molar-refractivity contribution in [3.63, 3.8) is 0 Å². The predicted molar refractivity (Wildman–Crippen MR) is 92.2 cm³/mol. The number of hydrogen-bond donors (Lipinski definition) is 1. The Morgan fingerprint density at radius 2 is 1.96 bits per heavy atom. The molecule has 0 bridgehead atoms. The van der Waals surface area contributed by atoms with Gasteiger partial charge in [-0.25, -0.2) is 0 Å². The molecule has 0 spiro atoms. The zero-order valence-corrected chi connectivity index (χ0v) is 13.8. The number of carbonyl (C=O) groups is 1. The maximum atomic E-state index is 12.2. The number of hydrogen-bond acceptors (Lipinski definition) is 3. The highest BCUT2D eigenvalue weighted by Gasteiger charge is 2.11. The van der Waals surface area contributed by atoms with Crippen molar-refractivity contribution in [1.29, 1.82) is 0 Å². The molecule has 4 heteroatoms. The maximum Gasteiger partial charge on any atom is 0.224 e. The molecule has 0 radical (unpaired) electrons. The fourth-order valence-electron chi connectivity index (χ4n) is 2.23. The number of nitrogens with one attached hydrogen (secondary N) is 1. The van der Waals surface area contributed by atoms with Crippen LogP contribution in [0.4, 0.5) is 0 Å². The summed E-state index contributed by atoms with van der Waals surface area (Å²) in [6.07, 6.45) is 1.99.